The molecule has 1 aliphatic carbocycles. The lowest BCUT2D eigenvalue weighted by atomic mass is 9.86. The number of aliphatic hydroxyl groups excluding tert-OH is 1. The van der Waals surface area contributed by atoms with Gasteiger partial charge in [0.2, 0.25) is 5.95 Å². The van der Waals surface area contributed by atoms with Crippen LogP contribution in [-0.2, 0) is 0 Å². The summed E-state index contributed by atoms with van der Waals surface area (Å²) in [6.07, 6.45) is 5.35. The average Bonchev–Trinajstić information content (AvgIpc) is 2.58. The van der Waals surface area contributed by atoms with Gasteiger partial charge in [-0.1, -0.05) is 24.4 Å². The van der Waals surface area contributed by atoms with Crippen LogP contribution in [0.3, 0.4) is 0 Å². The van der Waals surface area contributed by atoms with Crippen LogP contribution in [0.25, 0.3) is 0 Å². The third-order valence-electron chi connectivity index (χ3n) is 4.22. The van der Waals surface area contributed by atoms with Gasteiger partial charge in [-0.15, -0.1) is 0 Å². The summed E-state index contributed by atoms with van der Waals surface area (Å²) in [5.74, 6) is 2.02. The van der Waals surface area contributed by atoms with Crippen LogP contribution in [0.15, 0.2) is 30.5 Å². The fourth-order valence-corrected chi connectivity index (χ4v) is 3.00. The maximum Gasteiger partial charge on any atom is 0.222 e. The number of aromatic nitrogens is 2. The van der Waals surface area contributed by atoms with Crippen LogP contribution in [0.5, 0.6) is 11.5 Å². The van der Waals surface area contributed by atoms with Crippen molar-refractivity contribution in [1.82, 2.24) is 9.97 Å². The number of nitrogen functional groups attached to an aromatic ring is 1. The standard InChI is InChI=1S/C17H21ClN4O2/c18-12-5-7-13(8-6-12)24-15-10-21-17(19)22-16(15)20-9-11-3-1-2-4-14(11)23/h5-8,10-11,14,23H,1-4,9H2,(H3,19,20,21,22)/t11-,14-/m0/s1. The number of nitrogens with one attached hydrogen (secondary N) is 1. The maximum atomic E-state index is 10.1. The first-order valence-electron chi connectivity index (χ1n) is 8.09. The minimum atomic E-state index is -0.272. The predicted octanol–water partition coefficient (Wildman–Crippen LogP) is 3.47. The summed E-state index contributed by atoms with van der Waals surface area (Å²) in [6.45, 7) is 0.620. The van der Waals surface area contributed by atoms with E-state index in [1.807, 2.05) is 0 Å². The van der Waals surface area contributed by atoms with Gasteiger partial charge in [0.1, 0.15) is 5.75 Å². The van der Waals surface area contributed by atoms with Crippen molar-refractivity contribution < 1.29 is 9.84 Å². The number of nitrogens with two attached hydrogens (primary N) is 1. The lowest BCUT2D eigenvalue weighted by Gasteiger charge is -2.28. The lowest BCUT2D eigenvalue weighted by Crippen LogP contribution is -2.30. The molecule has 2 atom stereocenters. The van der Waals surface area contributed by atoms with Crippen molar-refractivity contribution in [2.75, 3.05) is 17.6 Å². The van der Waals surface area contributed by atoms with E-state index in [4.69, 9.17) is 22.1 Å². The van der Waals surface area contributed by atoms with Crippen molar-refractivity contribution >= 4 is 23.4 Å². The van der Waals surface area contributed by atoms with Crippen molar-refractivity contribution in [3.8, 4) is 11.5 Å². The van der Waals surface area contributed by atoms with E-state index in [2.05, 4.69) is 15.3 Å². The van der Waals surface area contributed by atoms with Crippen LogP contribution < -0.4 is 15.8 Å². The molecule has 0 radical (unpaired) electrons. The second kappa shape index (κ2) is 7.68. The van der Waals surface area contributed by atoms with Gasteiger partial charge in [-0.05, 0) is 37.1 Å². The number of hydrogen-bond donors (Lipinski definition) is 3. The summed E-state index contributed by atoms with van der Waals surface area (Å²) in [7, 11) is 0. The van der Waals surface area contributed by atoms with E-state index in [1.54, 1.807) is 24.3 Å². The number of ether oxygens (including phenoxy) is 1. The fraction of sp³-hybridized carbons (Fsp3) is 0.412. The first-order valence-corrected chi connectivity index (χ1v) is 8.47. The van der Waals surface area contributed by atoms with E-state index in [1.165, 1.54) is 6.20 Å². The molecule has 6 nitrogen and oxygen atoms in total. The Morgan fingerprint density at radius 1 is 1.25 bits per heavy atom. The largest absolute Gasteiger partial charge is 0.452 e. The zero-order valence-corrected chi connectivity index (χ0v) is 14.0. The smallest absolute Gasteiger partial charge is 0.222 e. The topological polar surface area (TPSA) is 93.3 Å². The van der Waals surface area contributed by atoms with Gasteiger partial charge in [-0.2, -0.15) is 4.98 Å². The highest BCUT2D eigenvalue weighted by Gasteiger charge is 2.23. The summed E-state index contributed by atoms with van der Waals surface area (Å²) in [5, 5.41) is 14.0. The molecule has 4 N–H and O–H groups in total. The Balaban J connectivity index is 1.71. The summed E-state index contributed by atoms with van der Waals surface area (Å²) in [5.41, 5.74) is 5.69. The molecule has 3 rings (SSSR count). The number of rotatable bonds is 5. The Labute approximate surface area is 146 Å². The number of nitrogens with zero attached hydrogens (tertiary/aromatic N) is 2. The highest BCUT2D eigenvalue weighted by molar-refractivity contribution is 6.30. The number of anilines is 2. The monoisotopic (exact) mass is 348 g/mol. The Morgan fingerprint density at radius 3 is 2.75 bits per heavy atom. The molecule has 7 heteroatoms. The van der Waals surface area contributed by atoms with Crippen LogP contribution in [0.4, 0.5) is 11.8 Å². The quantitative estimate of drug-likeness (QED) is 0.766. The van der Waals surface area contributed by atoms with Crippen molar-refractivity contribution in [1.29, 1.82) is 0 Å². The second-order valence-corrected chi connectivity index (χ2v) is 6.43. The van der Waals surface area contributed by atoms with Crippen molar-refractivity contribution in [2.24, 2.45) is 5.92 Å². The molecule has 0 bridgehead atoms. The van der Waals surface area contributed by atoms with Gasteiger partial charge in [0.15, 0.2) is 11.6 Å². The summed E-state index contributed by atoms with van der Waals surface area (Å²) >= 11 is 5.88. The van der Waals surface area contributed by atoms with E-state index in [-0.39, 0.29) is 18.0 Å². The third kappa shape index (κ3) is 4.27. The van der Waals surface area contributed by atoms with Crippen LogP contribution in [-0.4, -0.2) is 27.7 Å². The van der Waals surface area contributed by atoms with Gasteiger partial charge in [0.05, 0.1) is 12.3 Å². The SMILES string of the molecule is Nc1ncc(Oc2ccc(Cl)cc2)c(NC[C@@H]2CCCC[C@@H]2O)n1. The molecule has 1 heterocycles. The summed E-state index contributed by atoms with van der Waals surface area (Å²) in [6, 6.07) is 7.04. The molecular formula is C17H21ClN4O2. The van der Waals surface area contributed by atoms with Crippen LogP contribution in [0, 0.1) is 5.92 Å². The Hall–Kier alpha value is -2.05. The van der Waals surface area contributed by atoms with Gasteiger partial charge < -0.3 is 20.9 Å². The van der Waals surface area contributed by atoms with E-state index >= 15 is 0 Å². The fourth-order valence-electron chi connectivity index (χ4n) is 2.87. The van der Waals surface area contributed by atoms with Gasteiger partial charge in [0.25, 0.3) is 0 Å². The van der Waals surface area contributed by atoms with Crippen LogP contribution in [0.2, 0.25) is 5.02 Å². The van der Waals surface area contributed by atoms with E-state index in [9.17, 15) is 5.11 Å². The Morgan fingerprint density at radius 2 is 2.00 bits per heavy atom. The zero-order chi connectivity index (χ0) is 16.9. The van der Waals surface area contributed by atoms with Gasteiger partial charge in [-0.25, -0.2) is 4.98 Å². The lowest BCUT2D eigenvalue weighted by molar-refractivity contribution is 0.0762. The van der Waals surface area contributed by atoms with Crippen molar-refractivity contribution in [3.63, 3.8) is 0 Å². The molecule has 1 saturated carbocycles. The van der Waals surface area contributed by atoms with Crippen LogP contribution in [0.1, 0.15) is 25.7 Å². The second-order valence-electron chi connectivity index (χ2n) is 5.99. The Bertz CT molecular complexity index is 681. The molecule has 1 aliphatic rings. The van der Waals surface area contributed by atoms with Gasteiger partial charge in [-0.3, -0.25) is 0 Å². The molecule has 0 unspecified atom stereocenters. The molecule has 0 amide bonds. The molecule has 1 aromatic carbocycles. The molecule has 128 valence electrons. The normalized spacial score (nSPS) is 20.6. The minimum Gasteiger partial charge on any atom is -0.452 e. The number of hydrogen-bond acceptors (Lipinski definition) is 6. The highest BCUT2D eigenvalue weighted by atomic mass is 35.5. The third-order valence-corrected chi connectivity index (χ3v) is 4.47. The molecule has 0 aliphatic heterocycles. The summed E-state index contributed by atoms with van der Waals surface area (Å²) < 4.78 is 5.82. The first kappa shape index (κ1) is 16.8. The van der Waals surface area contributed by atoms with E-state index < -0.39 is 0 Å². The molecule has 1 aromatic heterocycles. The zero-order valence-electron chi connectivity index (χ0n) is 13.3. The predicted molar refractivity (Wildman–Crippen MR) is 94.4 cm³/mol. The minimum absolute atomic E-state index is 0.171. The van der Waals surface area contributed by atoms with Gasteiger partial charge >= 0.3 is 0 Å². The molecule has 24 heavy (non-hydrogen) atoms. The van der Waals surface area contributed by atoms with E-state index in [0.29, 0.717) is 28.9 Å². The van der Waals surface area contributed by atoms with Crippen LogP contribution >= 0.6 is 11.6 Å². The summed E-state index contributed by atoms with van der Waals surface area (Å²) in [4.78, 5) is 8.21. The number of benzene rings is 1. The van der Waals surface area contributed by atoms with Gasteiger partial charge in [0, 0.05) is 17.5 Å². The molecule has 0 saturated heterocycles. The highest BCUT2D eigenvalue weighted by Crippen LogP contribution is 2.30. The molecule has 0 spiro atoms. The van der Waals surface area contributed by atoms with Crippen molar-refractivity contribution in [2.45, 2.75) is 31.8 Å². The molecule has 2 aromatic rings. The number of halogens is 1. The first-order chi connectivity index (χ1) is 11.6. The average molecular weight is 349 g/mol. The molecular weight excluding hydrogens is 328 g/mol. The number of aliphatic hydroxyl groups is 1. The maximum absolute atomic E-state index is 10.1. The van der Waals surface area contributed by atoms with E-state index in [0.717, 1.165) is 25.7 Å². The van der Waals surface area contributed by atoms with Crippen molar-refractivity contribution in [3.05, 3.63) is 35.5 Å². The molecule has 1 fully saturated rings. The Kier molecular flexibility index (Phi) is 5.37.